The standard InChI is InChI=1S/C17H20N2O3/c1-11-7-16(20)19(10-11)15(17(21)22-2)8-12-9-18-14-6-4-3-5-13(12)14/h3-6,9,11,15,18H,7-8,10H2,1-2H3/t11-,15-/m0/s1. The molecular formula is C17H20N2O3. The van der Waals surface area contributed by atoms with Crippen molar-refractivity contribution in [2.45, 2.75) is 25.8 Å². The van der Waals surface area contributed by atoms with Crippen molar-refractivity contribution in [3.05, 3.63) is 36.0 Å². The van der Waals surface area contributed by atoms with Crippen LogP contribution in [0.1, 0.15) is 18.9 Å². The van der Waals surface area contributed by atoms with Crippen molar-refractivity contribution >= 4 is 22.8 Å². The lowest BCUT2D eigenvalue weighted by Crippen LogP contribution is -2.44. The van der Waals surface area contributed by atoms with Gasteiger partial charge in [0.05, 0.1) is 7.11 Å². The molecule has 1 aliphatic rings. The zero-order chi connectivity index (χ0) is 15.7. The SMILES string of the molecule is COC(=O)[C@H](Cc1c[nH]c2ccccc12)N1C[C@@H](C)CC1=O. The first-order valence-corrected chi connectivity index (χ1v) is 7.52. The number of hydrogen-bond donors (Lipinski definition) is 1. The number of aromatic nitrogens is 1. The van der Waals surface area contributed by atoms with E-state index in [1.165, 1.54) is 7.11 Å². The van der Waals surface area contributed by atoms with Crippen LogP contribution in [0, 0.1) is 5.92 Å². The highest BCUT2D eigenvalue weighted by Crippen LogP contribution is 2.25. The van der Waals surface area contributed by atoms with Crippen molar-refractivity contribution in [1.29, 1.82) is 0 Å². The Morgan fingerprint density at radius 1 is 1.45 bits per heavy atom. The molecule has 1 N–H and O–H groups in total. The normalized spacial score (nSPS) is 19.6. The molecule has 2 heterocycles. The van der Waals surface area contributed by atoms with Gasteiger partial charge in [-0.15, -0.1) is 0 Å². The van der Waals surface area contributed by atoms with Gasteiger partial charge in [0.25, 0.3) is 0 Å². The Hall–Kier alpha value is -2.30. The Labute approximate surface area is 129 Å². The van der Waals surface area contributed by atoms with Crippen LogP contribution in [0.25, 0.3) is 10.9 Å². The summed E-state index contributed by atoms with van der Waals surface area (Å²) in [5.74, 6) is -0.0434. The fraction of sp³-hybridized carbons (Fsp3) is 0.412. The summed E-state index contributed by atoms with van der Waals surface area (Å²) in [6, 6.07) is 7.39. The zero-order valence-corrected chi connectivity index (χ0v) is 12.8. The van der Waals surface area contributed by atoms with Crippen LogP contribution in [0.2, 0.25) is 0 Å². The number of esters is 1. The number of fused-ring (bicyclic) bond motifs is 1. The van der Waals surface area contributed by atoms with Crippen LogP contribution in [0.15, 0.2) is 30.5 Å². The van der Waals surface area contributed by atoms with E-state index in [9.17, 15) is 9.59 Å². The van der Waals surface area contributed by atoms with E-state index in [0.29, 0.717) is 19.4 Å². The van der Waals surface area contributed by atoms with Gasteiger partial charge in [0.2, 0.25) is 5.91 Å². The molecule has 0 saturated carbocycles. The summed E-state index contributed by atoms with van der Waals surface area (Å²) in [6.45, 7) is 2.64. The highest BCUT2D eigenvalue weighted by Gasteiger charge is 2.36. The number of nitrogens with zero attached hydrogens (tertiary/aromatic N) is 1. The molecule has 1 fully saturated rings. The average Bonchev–Trinajstić information content (AvgIpc) is 3.07. The number of amides is 1. The number of likely N-dealkylation sites (tertiary alicyclic amines) is 1. The van der Waals surface area contributed by atoms with Crippen LogP contribution in [0.4, 0.5) is 0 Å². The average molecular weight is 300 g/mol. The number of rotatable bonds is 4. The molecule has 1 aromatic carbocycles. The van der Waals surface area contributed by atoms with Crippen LogP contribution in [0.5, 0.6) is 0 Å². The zero-order valence-electron chi connectivity index (χ0n) is 12.8. The molecular weight excluding hydrogens is 280 g/mol. The van der Waals surface area contributed by atoms with Gasteiger partial charge in [0, 0.05) is 36.5 Å². The van der Waals surface area contributed by atoms with Gasteiger partial charge in [-0.05, 0) is 17.5 Å². The fourth-order valence-electron chi connectivity index (χ4n) is 3.18. The summed E-state index contributed by atoms with van der Waals surface area (Å²) in [5.41, 5.74) is 2.06. The molecule has 2 aromatic rings. The monoisotopic (exact) mass is 300 g/mol. The molecule has 5 heteroatoms. The number of H-pyrrole nitrogens is 1. The number of aromatic amines is 1. The van der Waals surface area contributed by atoms with Crippen molar-refractivity contribution in [1.82, 2.24) is 9.88 Å². The Balaban J connectivity index is 1.90. The number of hydrogen-bond acceptors (Lipinski definition) is 3. The maximum absolute atomic E-state index is 12.2. The van der Waals surface area contributed by atoms with E-state index >= 15 is 0 Å². The van der Waals surface area contributed by atoms with Crippen LogP contribution in [-0.2, 0) is 20.7 Å². The third-order valence-corrected chi connectivity index (χ3v) is 4.29. The van der Waals surface area contributed by atoms with E-state index in [4.69, 9.17) is 4.74 Å². The van der Waals surface area contributed by atoms with Gasteiger partial charge < -0.3 is 14.6 Å². The summed E-state index contributed by atoms with van der Waals surface area (Å²) >= 11 is 0. The molecule has 0 radical (unpaired) electrons. The van der Waals surface area contributed by atoms with Gasteiger partial charge in [-0.1, -0.05) is 25.1 Å². The van der Waals surface area contributed by atoms with Crippen molar-refractivity contribution < 1.29 is 14.3 Å². The van der Waals surface area contributed by atoms with Gasteiger partial charge in [-0.3, -0.25) is 4.79 Å². The summed E-state index contributed by atoms with van der Waals surface area (Å²) in [5, 5.41) is 1.08. The van der Waals surface area contributed by atoms with Crippen molar-refractivity contribution in [3.8, 4) is 0 Å². The number of benzene rings is 1. The van der Waals surface area contributed by atoms with Gasteiger partial charge in [-0.25, -0.2) is 4.79 Å². The van der Waals surface area contributed by atoms with Crippen molar-refractivity contribution in [3.63, 3.8) is 0 Å². The first-order valence-electron chi connectivity index (χ1n) is 7.52. The molecule has 0 unspecified atom stereocenters. The minimum Gasteiger partial charge on any atom is -0.467 e. The molecule has 2 atom stereocenters. The van der Waals surface area contributed by atoms with E-state index in [-0.39, 0.29) is 17.8 Å². The maximum atomic E-state index is 12.2. The summed E-state index contributed by atoms with van der Waals surface area (Å²) in [7, 11) is 1.37. The number of carbonyl (C=O) groups excluding carboxylic acids is 2. The molecule has 0 spiro atoms. The molecule has 1 saturated heterocycles. The smallest absolute Gasteiger partial charge is 0.328 e. The van der Waals surface area contributed by atoms with Gasteiger partial charge in [0.15, 0.2) is 0 Å². The molecule has 0 bridgehead atoms. The van der Waals surface area contributed by atoms with Gasteiger partial charge >= 0.3 is 5.97 Å². The highest BCUT2D eigenvalue weighted by atomic mass is 16.5. The van der Waals surface area contributed by atoms with Crippen LogP contribution < -0.4 is 0 Å². The van der Waals surface area contributed by atoms with Gasteiger partial charge in [0.1, 0.15) is 6.04 Å². The Kier molecular flexibility index (Phi) is 3.88. The number of ether oxygens (including phenoxy) is 1. The maximum Gasteiger partial charge on any atom is 0.328 e. The molecule has 3 rings (SSSR count). The Morgan fingerprint density at radius 3 is 2.91 bits per heavy atom. The topological polar surface area (TPSA) is 62.4 Å². The van der Waals surface area contributed by atoms with E-state index in [2.05, 4.69) is 4.98 Å². The molecule has 5 nitrogen and oxygen atoms in total. The van der Waals surface area contributed by atoms with Crippen LogP contribution in [0.3, 0.4) is 0 Å². The lowest BCUT2D eigenvalue weighted by molar-refractivity contribution is -0.151. The Bertz CT molecular complexity index is 707. The third kappa shape index (κ3) is 2.58. The first-order chi connectivity index (χ1) is 10.6. The van der Waals surface area contributed by atoms with E-state index in [0.717, 1.165) is 16.5 Å². The van der Waals surface area contributed by atoms with E-state index in [1.807, 2.05) is 37.4 Å². The largest absolute Gasteiger partial charge is 0.467 e. The third-order valence-electron chi connectivity index (χ3n) is 4.29. The predicted octanol–water partition coefficient (Wildman–Crippen LogP) is 2.12. The van der Waals surface area contributed by atoms with E-state index < -0.39 is 6.04 Å². The number of para-hydroxylation sites is 1. The predicted molar refractivity (Wildman–Crippen MR) is 83.3 cm³/mol. The quantitative estimate of drug-likeness (QED) is 0.880. The fourth-order valence-corrected chi connectivity index (χ4v) is 3.18. The van der Waals surface area contributed by atoms with E-state index in [1.54, 1.807) is 4.90 Å². The second-order valence-corrected chi connectivity index (χ2v) is 5.96. The van der Waals surface area contributed by atoms with Gasteiger partial charge in [-0.2, -0.15) is 0 Å². The molecule has 1 aliphatic heterocycles. The first kappa shape index (κ1) is 14.6. The summed E-state index contributed by atoms with van der Waals surface area (Å²) < 4.78 is 4.93. The number of methoxy groups -OCH3 is 1. The summed E-state index contributed by atoms with van der Waals surface area (Å²) in [4.78, 5) is 29.2. The lowest BCUT2D eigenvalue weighted by Gasteiger charge is -2.25. The second-order valence-electron chi connectivity index (χ2n) is 5.96. The lowest BCUT2D eigenvalue weighted by atomic mass is 10.0. The molecule has 116 valence electrons. The molecule has 1 aromatic heterocycles. The van der Waals surface area contributed by atoms with Crippen molar-refractivity contribution in [2.75, 3.05) is 13.7 Å². The van der Waals surface area contributed by atoms with Crippen LogP contribution in [-0.4, -0.2) is 41.5 Å². The number of carbonyl (C=O) groups is 2. The minimum atomic E-state index is -0.554. The second kappa shape index (κ2) is 5.83. The number of nitrogens with one attached hydrogen (secondary N) is 1. The molecule has 0 aliphatic carbocycles. The Morgan fingerprint density at radius 2 is 2.23 bits per heavy atom. The molecule has 1 amide bonds. The van der Waals surface area contributed by atoms with Crippen LogP contribution >= 0.6 is 0 Å². The highest BCUT2D eigenvalue weighted by molar-refractivity contribution is 5.88. The molecule has 22 heavy (non-hydrogen) atoms. The summed E-state index contributed by atoms with van der Waals surface area (Å²) in [6.07, 6.45) is 2.88. The minimum absolute atomic E-state index is 0.0303. The van der Waals surface area contributed by atoms with Crippen molar-refractivity contribution in [2.24, 2.45) is 5.92 Å².